The Morgan fingerprint density at radius 3 is 2.48 bits per heavy atom. The smallest absolute Gasteiger partial charge is 0.164 e. The Morgan fingerprint density at radius 2 is 1.69 bits per heavy atom. The van der Waals surface area contributed by atoms with E-state index in [0.717, 1.165) is 79.4 Å². The van der Waals surface area contributed by atoms with Crippen LogP contribution in [0.2, 0.25) is 0 Å². The first-order valence-corrected chi connectivity index (χ1v) is 16.3. The topological polar surface area (TPSA) is 64.5 Å². The SMILES string of the molecule is C=C/C=C\C=C(/C)c1nc(C2=C(c3cc(-c4c#cccc4)nc4c3ccc3ccc(C(C)C)nc34)CCC=C2)nc(-c2ccccc2)n1. The average molecular weight is 622 g/mol. The first kappa shape index (κ1) is 30.7. The Morgan fingerprint density at radius 1 is 0.854 bits per heavy atom. The van der Waals surface area contributed by atoms with Gasteiger partial charge in [-0.05, 0) is 66.7 Å². The van der Waals surface area contributed by atoms with E-state index in [0.29, 0.717) is 23.4 Å². The minimum absolute atomic E-state index is 0.295. The van der Waals surface area contributed by atoms with E-state index in [4.69, 9.17) is 24.9 Å². The van der Waals surface area contributed by atoms with Crippen LogP contribution in [0, 0.1) is 12.1 Å². The van der Waals surface area contributed by atoms with Crippen molar-refractivity contribution in [2.75, 3.05) is 0 Å². The molecule has 1 aliphatic rings. The predicted molar refractivity (Wildman–Crippen MR) is 198 cm³/mol. The van der Waals surface area contributed by atoms with E-state index < -0.39 is 0 Å². The fraction of sp³-hybridized carbons (Fsp3) is 0.140. The summed E-state index contributed by atoms with van der Waals surface area (Å²) in [6.45, 7) is 10.1. The van der Waals surface area contributed by atoms with Gasteiger partial charge in [-0.3, -0.25) is 4.98 Å². The molecule has 5 nitrogen and oxygen atoms in total. The first-order valence-electron chi connectivity index (χ1n) is 16.3. The number of hydrogen-bond donors (Lipinski definition) is 0. The zero-order valence-electron chi connectivity index (χ0n) is 27.4. The minimum Gasteiger partial charge on any atom is -0.250 e. The molecule has 232 valence electrons. The van der Waals surface area contributed by atoms with Gasteiger partial charge in [0.2, 0.25) is 0 Å². The fourth-order valence-corrected chi connectivity index (χ4v) is 5.99. The molecule has 0 radical (unpaired) electrons. The molecule has 0 saturated carbocycles. The van der Waals surface area contributed by atoms with E-state index in [-0.39, 0.29) is 0 Å². The van der Waals surface area contributed by atoms with Crippen LogP contribution in [0.25, 0.3) is 61.2 Å². The molecular formula is C43H35N5. The molecule has 0 aliphatic heterocycles. The lowest BCUT2D eigenvalue weighted by Gasteiger charge is -2.20. The van der Waals surface area contributed by atoms with Crippen LogP contribution in [0.3, 0.4) is 0 Å². The molecule has 3 aromatic carbocycles. The molecule has 0 spiro atoms. The van der Waals surface area contributed by atoms with E-state index in [9.17, 15) is 0 Å². The van der Waals surface area contributed by atoms with Gasteiger partial charge >= 0.3 is 0 Å². The predicted octanol–water partition coefficient (Wildman–Crippen LogP) is 10.4. The van der Waals surface area contributed by atoms with Gasteiger partial charge < -0.3 is 0 Å². The van der Waals surface area contributed by atoms with Gasteiger partial charge in [0.1, 0.15) is 0 Å². The number of aromatic nitrogens is 5. The van der Waals surface area contributed by atoms with Crippen LogP contribution in [-0.4, -0.2) is 24.9 Å². The lowest BCUT2D eigenvalue weighted by molar-refractivity contribution is 0.830. The lowest BCUT2D eigenvalue weighted by Crippen LogP contribution is -2.07. The minimum atomic E-state index is 0.295. The normalized spacial score (nSPS) is 13.5. The van der Waals surface area contributed by atoms with E-state index in [1.54, 1.807) is 6.08 Å². The molecule has 6 aromatic rings. The second kappa shape index (κ2) is 13.4. The fourth-order valence-electron chi connectivity index (χ4n) is 5.99. The van der Waals surface area contributed by atoms with Crippen molar-refractivity contribution in [3.63, 3.8) is 0 Å². The van der Waals surface area contributed by atoms with Crippen LogP contribution >= 0.6 is 0 Å². The Balaban J connectivity index is 1.52. The van der Waals surface area contributed by atoms with Gasteiger partial charge in [0.15, 0.2) is 17.5 Å². The van der Waals surface area contributed by atoms with Crippen molar-refractivity contribution < 1.29 is 0 Å². The third kappa shape index (κ3) is 6.09. The Bertz CT molecular complexity index is 2280. The molecule has 0 unspecified atom stereocenters. The summed E-state index contributed by atoms with van der Waals surface area (Å²) in [4.78, 5) is 25.5. The molecule has 3 aromatic heterocycles. The molecule has 48 heavy (non-hydrogen) atoms. The van der Waals surface area contributed by atoms with E-state index in [1.165, 1.54) is 0 Å². The maximum Gasteiger partial charge on any atom is 0.164 e. The van der Waals surface area contributed by atoms with Crippen molar-refractivity contribution in [1.82, 2.24) is 24.9 Å². The Labute approximate surface area is 281 Å². The van der Waals surface area contributed by atoms with Gasteiger partial charge in [0.25, 0.3) is 0 Å². The molecule has 0 atom stereocenters. The maximum absolute atomic E-state index is 5.24. The van der Waals surface area contributed by atoms with Crippen LogP contribution in [0.4, 0.5) is 0 Å². The molecule has 0 bridgehead atoms. The number of rotatable bonds is 8. The van der Waals surface area contributed by atoms with Crippen LogP contribution < -0.4 is 0 Å². The van der Waals surface area contributed by atoms with Gasteiger partial charge in [0.05, 0.1) is 22.3 Å². The Kier molecular flexibility index (Phi) is 8.55. The average Bonchev–Trinajstić information content (AvgIpc) is 3.14. The van der Waals surface area contributed by atoms with Crippen LogP contribution in [-0.2, 0) is 0 Å². The van der Waals surface area contributed by atoms with Crippen molar-refractivity contribution in [1.29, 1.82) is 0 Å². The molecule has 0 fully saturated rings. The highest BCUT2D eigenvalue weighted by atomic mass is 15.0. The zero-order chi connectivity index (χ0) is 33.0. The molecule has 3 heterocycles. The van der Waals surface area contributed by atoms with Crippen molar-refractivity contribution in [2.24, 2.45) is 0 Å². The number of hydrogen-bond acceptors (Lipinski definition) is 5. The highest BCUT2D eigenvalue weighted by Gasteiger charge is 2.22. The van der Waals surface area contributed by atoms with Crippen LogP contribution in [0.5, 0.6) is 0 Å². The number of fused-ring (bicyclic) bond motifs is 3. The standard InChI is InChI=1S/C43H35N5/c1-5-6-9-16-29(4)41-46-42(32-19-12-8-13-20-32)48-43(47-41)35-22-15-14-21-33(35)36-27-38(30-17-10-7-11-18-30)45-40-34(36)25-23-31-24-26-37(28(2)3)44-39(31)40/h5-10,12-13,15-17,19-20,22-28H,1,14,21H2,2-4H3/b9-6-,29-16+. The molecule has 0 saturated heterocycles. The van der Waals surface area contributed by atoms with Crippen molar-refractivity contribution in [3.05, 3.63) is 157 Å². The van der Waals surface area contributed by atoms with E-state index in [1.807, 2.05) is 73.7 Å². The number of benzene rings is 2. The molecule has 0 amide bonds. The third-order valence-electron chi connectivity index (χ3n) is 8.53. The van der Waals surface area contributed by atoms with Crippen molar-refractivity contribution in [2.45, 2.75) is 39.5 Å². The lowest BCUT2D eigenvalue weighted by atomic mass is 9.88. The van der Waals surface area contributed by atoms with Gasteiger partial charge in [0, 0.05) is 27.6 Å². The monoisotopic (exact) mass is 621 g/mol. The molecule has 0 N–H and O–H groups in total. The molecule has 5 heteroatoms. The molecule has 1 aliphatic carbocycles. The summed E-state index contributed by atoms with van der Waals surface area (Å²) in [5, 5.41) is 2.11. The second-order valence-electron chi connectivity index (χ2n) is 12.2. The maximum atomic E-state index is 5.24. The summed E-state index contributed by atoms with van der Waals surface area (Å²) >= 11 is 0. The van der Waals surface area contributed by atoms with Gasteiger partial charge in [-0.25, -0.2) is 19.9 Å². The van der Waals surface area contributed by atoms with Crippen molar-refractivity contribution in [3.8, 4) is 22.6 Å². The zero-order valence-corrected chi connectivity index (χ0v) is 27.4. The number of allylic oxidation sites excluding steroid dienone is 9. The van der Waals surface area contributed by atoms with Gasteiger partial charge in [-0.1, -0.05) is 124 Å². The Hall–Kier alpha value is -5.99. The van der Waals surface area contributed by atoms with Gasteiger partial charge in [-0.15, -0.1) is 0 Å². The van der Waals surface area contributed by atoms with Gasteiger partial charge in [-0.2, -0.15) is 0 Å². The summed E-state index contributed by atoms with van der Waals surface area (Å²) in [5.41, 5.74) is 9.62. The number of nitrogens with zero attached hydrogens (tertiary/aromatic N) is 5. The van der Waals surface area contributed by atoms with Crippen LogP contribution in [0.15, 0.2) is 122 Å². The molecule has 7 rings (SSSR count). The first-order chi connectivity index (χ1) is 23.5. The summed E-state index contributed by atoms with van der Waals surface area (Å²) in [6, 6.07) is 33.1. The molecular weight excluding hydrogens is 587 g/mol. The second-order valence-corrected chi connectivity index (χ2v) is 12.2. The third-order valence-corrected chi connectivity index (χ3v) is 8.53. The summed E-state index contributed by atoms with van der Waals surface area (Å²) < 4.78 is 0. The highest BCUT2D eigenvalue weighted by molar-refractivity contribution is 6.10. The van der Waals surface area contributed by atoms with Crippen LogP contribution in [0.1, 0.15) is 62.4 Å². The summed E-state index contributed by atoms with van der Waals surface area (Å²) in [6.07, 6.45) is 13.7. The number of pyridine rings is 2. The summed E-state index contributed by atoms with van der Waals surface area (Å²) in [7, 11) is 0. The van der Waals surface area contributed by atoms with E-state index >= 15 is 0 Å². The van der Waals surface area contributed by atoms with Crippen molar-refractivity contribution >= 4 is 38.5 Å². The largest absolute Gasteiger partial charge is 0.250 e. The van der Waals surface area contributed by atoms with E-state index in [2.05, 4.69) is 75.0 Å². The summed E-state index contributed by atoms with van der Waals surface area (Å²) in [5.74, 6) is 2.19. The quantitative estimate of drug-likeness (QED) is 0.125. The highest BCUT2D eigenvalue weighted by Crippen LogP contribution is 2.40.